The Hall–Kier alpha value is -4.59. The van der Waals surface area contributed by atoms with E-state index in [-0.39, 0.29) is 17.5 Å². The molecule has 0 saturated carbocycles. The number of amides is 3. The second-order valence-corrected chi connectivity index (χ2v) is 6.39. The fourth-order valence-corrected chi connectivity index (χ4v) is 2.93. The first kappa shape index (κ1) is 21.1. The third kappa shape index (κ3) is 4.54. The van der Waals surface area contributed by atoms with Gasteiger partial charge in [-0.25, -0.2) is 0 Å². The molecule has 3 amide bonds. The molecule has 1 aliphatic rings. The molecule has 156 valence electrons. The van der Waals surface area contributed by atoms with Crippen LogP contribution in [0.15, 0.2) is 42.5 Å². The average Bonchev–Trinajstić information content (AvgIpc) is 2.98. The number of nitro benzene ring substituents is 1. The summed E-state index contributed by atoms with van der Waals surface area (Å²) in [4.78, 5) is 59.5. The van der Waals surface area contributed by atoms with Crippen molar-refractivity contribution in [2.45, 2.75) is 6.42 Å². The topological polar surface area (TPSA) is 160 Å². The molecule has 1 aliphatic heterocycles. The molecular formula is C20H14N4O7. The number of hydrogen-bond acceptors (Lipinski definition) is 8. The monoisotopic (exact) mass is 422 g/mol. The molecule has 11 heteroatoms. The van der Waals surface area contributed by atoms with E-state index in [1.807, 2.05) is 6.07 Å². The van der Waals surface area contributed by atoms with Gasteiger partial charge in [0.15, 0.2) is 6.61 Å². The number of benzene rings is 2. The van der Waals surface area contributed by atoms with Crippen molar-refractivity contribution in [3.63, 3.8) is 0 Å². The number of fused-ring (bicyclic) bond motifs is 1. The Morgan fingerprint density at radius 3 is 2.48 bits per heavy atom. The summed E-state index contributed by atoms with van der Waals surface area (Å²) in [5.41, 5.74) is 0.0999. The van der Waals surface area contributed by atoms with Gasteiger partial charge in [-0.05, 0) is 23.8 Å². The van der Waals surface area contributed by atoms with Gasteiger partial charge in [-0.1, -0.05) is 18.2 Å². The summed E-state index contributed by atoms with van der Waals surface area (Å²) < 4.78 is 4.80. The second kappa shape index (κ2) is 8.83. The summed E-state index contributed by atoms with van der Waals surface area (Å²) in [5.74, 6) is -3.52. The van der Waals surface area contributed by atoms with Crippen molar-refractivity contribution in [3.8, 4) is 6.07 Å². The van der Waals surface area contributed by atoms with Gasteiger partial charge in [0.25, 0.3) is 23.4 Å². The molecule has 2 aromatic rings. The number of carbonyl (C=O) groups excluding carboxylic acids is 4. The highest BCUT2D eigenvalue weighted by molar-refractivity contribution is 6.24. The summed E-state index contributed by atoms with van der Waals surface area (Å²) >= 11 is 0. The maximum absolute atomic E-state index is 12.4. The summed E-state index contributed by atoms with van der Waals surface area (Å²) in [5, 5.41) is 22.2. The van der Waals surface area contributed by atoms with Crippen LogP contribution in [0.1, 0.15) is 26.3 Å². The highest BCUT2D eigenvalue weighted by atomic mass is 16.6. The van der Waals surface area contributed by atoms with Gasteiger partial charge in [0.1, 0.15) is 12.1 Å². The summed E-state index contributed by atoms with van der Waals surface area (Å²) in [6, 6.07) is 12.1. The molecule has 0 atom stereocenters. The molecule has 3 rings (SSSR count). The highest BCUT2D eigenvalue weighted by Gasteiger charge is 2.41. The van der Waals surface area contributed by atoms with E-state index >= 15 is 0 Å². The minimum absolute atomic E-state index is 0.176. The number of imide groups is 1. The van der Waals surface area contributed by atoms with Gasteiger partial charge in [-0.15, -0.1) is 0 Å². The number of nitrogens with zero attached hydrogens (tertiary/aromatic N) is 3. The van der Waals surface area contributed by atoms with Crippen molar-refractivity contribution >= 4 is 35.1 Å². The standard InChI is InChI=1S/C20H14N4O7/c21-9-8-12-4-6-13(7-5-12)22-16(25)11-31-17(26)10-23-19(27)14-2-1-3-15(24(29)30)18(14)20(23)28/h1-7H,8,10-11H2,(H,22,25). The van der Waals surface area contributed by atoms with Crippen LogP contribution in [0.5, 0.6) is 0 Å². The number of ether oxygens (including phenoxy) is 1. The van der Waals surface area contributed by atoms with Gasteiger partial charge < -0.3 is 10.1 Å². The lowest BCUT2D eigenvalue weighted by Crippen LogP contribution is -2.36. The summed E-state index contributed by atoms with van der Waals surface area (Å²) in [6.07, 6.45) is 0.229. The van der Waals surface area contributed by atoms with Crippen molar-refractivity contribution in [1.29, 1.82) is 5.26 Å². The molecule has 1 heterocycles. The van der Waals surface area contributed by atoms with Crippen molar-refractivity contribution in [1.82, 2.24) is 4.90 Å². The van der Waals surface area contributed by atoms with Crippen LogP contribution < -0.4 is 5.32 Å². The maximum atomic E-state index is 12.4. The molecule has 0 radical (unpaired) electrons. The van der Waals surface area contributed by atoms with Crippen molar-refractivity contribution in [3.05, 3.63) is 69.3 Å². The zero-order chi connectivity index (χ0) is 22.5. The van der Waals surface area contributed by atoms with Gasteiger partial charge in [0.05, 0.1) is 23.0 Å². The molecule has 0 aliphatic carbocycles. The average molecular weight is 422 g/mol. The molecule has 0 unspecified atom stereocenters. The number of esters is 1. The molecule has 0 aromatic heterocycles. The van der Waals surface area contributed by atoms with Gasteiger partial charge in [-0.2, -0.15) is 5.26 Å². The smallest absolute Gasteiger partial charge is 0.326 e. The Bertz CT molecular complexity index is 1140. The van der Waals surface area contributed by atoms with Crippen LogP contribution in [0.2, 0.25) is 0 Å². The molecule has 1 N–H and O–H groups in total. The van der Waals surface area contributed by atoms with E-state index in [0.29, 0.717) is 10.6 Å². The normalized spacial score (nSPS) is 12.2. The van der Waals surface area contributed by atoms with E-state index in [4.69, 9.17) is 10.00 Å². The van der Waals surface area contributed by atoms with Crippen LogP contribution in [-0.2, 0) is 20.7 Å². The van der Waals surface area contributed by atoms with Crippen LogP contribution in [0, 0.1) is 21.4 Å². The molecule has 11 nitrogen and oxygen atoms in total. The molecule has 31 heavy (non-hydrogen) atoms. The molecule has 0 spiro atoms. The fourth-order valence-electron chi connectivity index (χ4n) is 2.93. The van der Waals surface area contributed by atoms with E-state index in [2.05, 4.69) is 5.32 Å². The first-order valence-electron chi connectivity index (χ1n) is 8.86. The van der Waals surface area contributed by atoms with Gasteiger partial charge in [0.2, 0.25) is 0 Å². The zero-order valence-corrected chi connectivity index (χ0v) is 15.9. The van der Waals surface area contributed by atoms with E-state index in [1.165, 1.54) is 12.1 Å². The van der Waals surface area contributed by atoms with Gasteiger partial charge >= 0.3 is 5.97 Å². The minimum atomic E-state index is -1.03. The predicted molar refractivity (Wildman–Crippen MR) is 104 cm³/mol. The quantitative estimate of drug-likeness (QED) is 0.303. The maximum Gasteiger partial charge on any atom is 0.326 e. The van der Waals surface area contributed by atoms with Crippen molar-refractivity contribution < 1.29 is 28.8 Å². The van der Waals surface area contributed by atoms with Crippen LogP contribution in [-0.4, -0.2) is 46.7 Å². The lowest BCUT2D eigenvalue weighted by Gasteiger charge is -2.13. The zero-order valence-electron chi connectivity index (χ0n) is 15.9. The highest BCUT2D eigenvalue weighted by Crippen LogP contribution is 2.30. The van der Waals surface area contributed by atoms with Crippen LogP contribution in [0.25, 0.3) is 0 Å². The Labute approximate surface area is 175 Å². The van der Waals surface area contributed by atoms with Crippen LogP contribution >= 0.6 is 0 Å². The van der Waals surface area contributed by atoms with Crippen molar-refractivity contribution in [2.75, 3.05) is 18.5 Å². The SMILES string of the molecule is N#CCc1ccc(NC(=O)COC(=O)CN2C(=O)c3cccc([N+](=O)[O-])c3C2=O)cc1. The first-order chi connectivity index (χ1) is 14.8. The van der Waals surface area contributed by atoms with E-state index in [0.717, 1.165) is 11.6 Å². The molecule has 2 aromatic carbocycles. The van der Waals surface area contributed by atoms with Crippen LogP contribution in [0.4, 0.5) is 11.4 Å². The second-order valence-electron chi connectivity index (χ2n) is 6.39. The first-order valence-corrected chi connectivity index (χ1v) is 8.86. The molecule has 0 bridgehead atoms. The lowest BCUT2D eigenvalue weighted by atomic mass is 10.1. The number of nitriles is 1. The fraction of sp³-hybridized carbons (Fsp3) is 0.150. The Morgan fingerprint density at radius 1 is 1.13 bits per heavy atom. The Balaban J connectivity index is 1.56. The minimum Gasteiger partial charge on any atom is -0.454 e. The lowest BCUT2D eigenvalue weighted by molar-refractivity contribution is -0.385. The van der Waals surface area contributed by atoms with Gasteiger partial charge in [-0.3, -0.25) is 34.2 Å². The largest absolute Gasteiger partial charge is 0.454 e. The Morgan fingerprint density at radius 2 is 1.84 bits per heavy atom. The summed E-state index contributed by atoms with van der Waals surface area (Å²) in [6.45, 7) is -1.46. The summed E-state index contributed by atoms with van der Waals surface area (Å²) in [7, 11) is 0. The van der Waals surface area contributed by atoms with E-state index < -0.39 is 47.5 Å². The van der Waals surface area contributed by atoms with Crippen molar-refractivity contribution in [2.24, 2.45) is 0 Å². The molecule has 0 fully saturated rings. The number of anilines is 1. The third-order valence-corrected chi connectivity index (χ3v) is 4.35. The number of nitrogens with one attached hydrogen (secondary N) is 1. The number of carbonyl (C=O) groups is 4. The molecular weight excluding hydrogens is 408 g/mol. The number of nitro groups is 1. The van der Waals surface area contributed by atoms with E-state index in [1.54, 1.807) is 24.3 Å². The number of rotatable bonds is 7. The molecule has 0 saturated heterocycles. The number of hydrogen-bond donors (Lipinski definition) is 1. The third-order valence-electron chi connectivity index (χ3n) is 4.35. The van der Waals surface area contributed by atoms with Crippen LogP contribution in [0.3, 0.4) is 0 Å². The predicted octanol–water partition coefficient (Wildman–Crippen LogP) is 1.44. The van der Waals surface area contributed by atoms with E-state index in [9.17, 15) is 29.3 Å². The Kier molecular flexibility index (Phi) is 6.02. The van der Waals surface area contributed by atoms with Gasteiger partial charge in [0, 0.05) is 11.8 Å².